The van der Waals surface area contributed by atoms with E-state index in [4.69, 9.17) is 5.73 Å². The van der Waals surface area contributed by atoms with Crippen LogP contribution in [-0.4, -0.2) is 30.1 Å². The number of nitrogens with one attached hydrogen (secondary N) is 1. The van der Waals surface area contributed by atoms with E-state index < -0.39 is 0 Å². The van der Waals surface area contributed by atoms with Crippen LogP contribution in [0.25, 0.3) is 0 Å². The molecule has 0 amide bonds. The third kappa shape index (κ3) is 3.65. The largest absolute Gasteiger partial charge is 0.329 e. The van der Waals surface area contributed by atoms with Crippen LogP contribution in [0.15, 0.2) is 0 Å². The third-order valence-electron chi connectivity index (χ3n) is 3.70. The Bertz CT molecular complexity index is 186. The van der Waals surface area contributed by atoms with E-state index in [1.807, 2.05) is 0 Å². The first-order valence-electron chi connectivity index (χ1n) is 6.37. The average molecular weight is 228 g/mol. The first-order chi connectivity index (χ1) is 7.35. The molecule has 0 aromatic carbocycles. The Kier molecular flexibility index (Phi) is 4.35. The maximum Gasteiger partial charge on any atom is 0.0395 e. The lowest BCUT2D eigenvalue weighted by Gasteiger charge is -2.37. The molecule has 0 spiro atoms. The normalized spacial score (nSPS) is 31.8. The quantitative estimate of drug-likeness (QED) is 0.683. The van der Waals surface area contributed by atoms with Gasteiger partial charge in [0.15, 0.2) is 0 Å². The smallest absolute Gasteiger partial charge is 0.0395 e. The Balaban J connectivity index is 1.64. The van der Waals surface area contributed by atoms with Crippen LogP contribution < -0.4 is 11.1 Å². The van der Waals surface area contributed by atoms with Crippen LogP contribution in [0.2, 0.25) is 0 Å². The highest BCUT2D eigenvalue weighted by Crippen LogP contribution is 2.33. The van der Waals surface area contributed by atoms with Crippen molar-refractivity contribution in [3.63, 3.8) is 0 Å². The molecule has 2 rings (SSSR count). The molecule has 3 heteroatoms. The molecular formula is C12H24N2S. The van der Waals surface area contributed by atoms with Gasteiger partial charge in [0, 0.05) is 17.8 Å². The Morgan fingerprint density at radius 3 is 2.87 bits per heavy atom. The highest BCUT2D eigenvalue weighted by molar-refractivity contribution is 7.99. The lowest BCUT2D eigenvalue weighted by molar-refractivity contribution is 0.333. The van der Waals surface area contributed by atoms with Crippen LogP contribution in [0, 0.1) is 5.92 Å². The molecule has 1 unspecified atom stereocenters. The van der Waals surface area contributed by atoms with Gasteiger partial charge in [0.2, 0.25) is 0 Å². The van der Waals surface area contributed by atoms with Crippen molar-refractivity contribution in [3.8, 4) is 0 Å². The molecule has 0 aromatic heterocycles. The van der Waals surface area contributed by atoms with E-state index in [1.54, 1.807) is 0 Å². The number of rotatable bonds is 6. The van der Waals surface area contributed by atoms with Crippen molar-refractivity contribution in [3.05, 3.63) is 0 Å². The molecule has 2 aliphatic rings. The van der Waals surface area contributed by atoms with Crippen molar-refractivity contribution >= 4 is 11.8 Å². The molecule has 1 aliphatic carbocycles. The van der Waals surface area contributed by atoms with Gasteiger partial charge in [-0.1, -0.05) is 12.8 Å². The van der Waals surface area contributed by atoms with Gasteiger partial charge in [0.05, 0.1) is 0 Å². The summed E-state index contributed by atoms with van der Waals surface area (Å²) in [4.78, 5) is 0. The zero-order valence-electron chi connectivity index (χ0n) is 9.63. The van der Waals surface area contributed by atoms with Gasteiger partial charge in [-0.3, -0.25) is 0 Å². The maximum atomic E-state index is 5.92. The lowest BCUT2D eigenvalue weighted by Crippen LogP contribution is -2.55. The van der Waals surface area contributed by atoms with Gasteiger partial charge in [0.25, 0.3) is 0 Å². The van der Waals surface area contributed by atoms with Crippen molar-refractivity contribution in [2.75, 3.05) is 24.6 Å². The fourth-order valence-corrected chi connectivity index (χ4v) is 3.62. The first kappa shape index (κ1) is 11.7. The molecule has 3 N–H and O–H groups in total. The van der Waals surface area contributed by atoms with Gasteiger partial charge < -0.3 is 11.1 Å². The molecule has 1 saturated heterocycles. The van der Waals surface area contributed by atoms with Gasteiger partial charge in [-0.2, -0.15) is 11.8 Å². The van der Waals surface area contributed by atoms with Gasteiger partial charge in [-0.25, -0.2) is 0 Å². The highest BCUT2D eigenvalue weighted by atomic mass is 32.2. The van der Waals surface area contributed by atoms with Crippen LogP contribution in [0.1, 0.15) is 38.5 Å². The zero-order valence-corrected chi connectivity index (χ0v) is 10.5. The van der Waals surface area contributed by atoms with Gasteiger partial charge in [-0.05, 0) is 43.9 Å². The second-order valence-electron chi connectivity index (χ2n) is 5.15. The minimum absolute atomic E-state index is 0.270. The summed E-state index contributed by atoms with van der Waals surface area (Å²) in [6.07, 6.45) is 8.35. The molecule has 1 heterocycles. The fraction of sp³-hybridized carbons (Fsp3) is 1.00. The summed E-state index contributed by atoms with van der Waals surface area (Å²) < 4.78 is 0. The molecule has 15 heavy (non-hydrogen) atoms. The van der Waals surface area contributed by atoms with Crippen LogP contribution in [0.5, 0.6) is 0 Å². The Morgan fingerprint density at radius 2 is 2.27 bits per heavy atom. The molecule has 2 nitrogen and oxygen atoms in total. The van der Waals surface area contributed by atoms with Crippen LogP contribution >= 0.6 is 11.8 Å². The molecule has 1 atom stereocenters. The van der Waals surface area contributed by atoms with Crippen molar-refractivity contribution in [1.82, 2.24) is 5.32 Å². The summed E-state index contributed by atoms with van der Waals surface area (Å²) in [5.74, 6) is 3.61. The predicted octanol–water partition coefficient (Wildman–Crippen LogP) is 1.99. The van der Waals surface area contributed by atoms with Crippen LogP contribution in [0.4, 0.5) is 0 Å². The van der Waals surface area contributed by atoms with Crippen molar-refractivity contribution in [2.45, 2.75) is 44.1 Å². The minimum Gasteiger partial charge on any atom is -0.329 e. The predicted molar refractivity (Wildman–Crippen MR) is 68.3 cm³/mol. The summed E-state index contributed by atoms with van der Waals surface area (Å²) in [5, 5.41) is 3.72. The molecule has 1 aliphatic heterocycles. The number of hydrogen-bond acceptors (Lipinski definition) is 3. The van der Waals surface area contributed by atoms with E-state index in [9.17, 15) is 0 Å². The molecule has 2 fully saturated rings. The van der Waals surface area contributed by atoms with E-state index in [1.165, 1.54) is 56.6 Å². The van der Waals surface area contributed by atoms with Gasteiger partial charge in [-0.15, -0.1) is 0 Å². The van der Waals surface area contributed by atoms with Gasteiger partial charge in [0.1, 0.15) is 0 Å². The van der Waals surface area contributed by atoms with E-state index in [-0.39, 0.29) is 5.54 Å². The van der Waals surface area contributed by atoms with Gasteiger partial charge >= 0.3 is 0 Å². The summed E-state index contributed by atoms with van der Waals surface area (Å²) in [6, 6.07) is 0. The number of thioether (sulfide) groups is 1. The van der Waals surface area contributed by atoms with Crippen LogP contribution in [-0.2, 0) is 0 Å². The van der Waals surface area contributed by atoms with E-state index in [0.717, 1.165) is 12.5 Å². The lowest BCUT2D eigenvalue weighted by atomic mass is 9.95. The Hall–Kier alpha value is 0.270. The van der Waals surface area contributed by atoms with Crippen molar-refractivity contribution in [1.29, 1.82) is 0 Å². The van der Waals surface area contributed by atoms with E-state index in [2.05, 4.69) is 17.1 Å². The Morgan fingerprint density at radius 1 is 1.40 bits per heavy atom. The van der Waals surface area contributed by atoms with Crippen LogP contribution in [0.3, 0.4) is 0 Å². The molecule has 0 bridgehead atoms. The first-order valence-corrected chi connectivity index (χ1v) is 7.53. The summed E-state index contributed by atoms with van der Waals surface area (Å²) in [6.45, 7) is 1.98. The van der Waals surface area contributed by atoms with Crippen molar-refractivity contribution in [2.24, 2.45) is 11.7 Å². The summed E-state index contributed by atoms with van der Waals surface area (Å²) in [5.41, 5.74) is 6.19. The van der Waals surface area contributed by atoms with Crippen molar-refractivity contribution < 1.29 is 0 Å². The zero-order chi connectivity index (χ0) is 10.6. The SMILES string of the molecule is NCC1(NCCCC2CC2)CCCSC1. The Labute approximate surface area is 97.8 Å². The monoisotopic (exact) mass is 228 g/mol. The molecule has 88 valence electrons. The molecule has 1 saturated carbocycles. The highest BCUT2D eigenvalue weighted by Gasteiger charge is 2.30. The average Bonchev–Trinajstić information content (AvgIpc) is 3.10. The topological polar surface area (TPSA) is 38.0 Å². The second-order valence-corrected chi connectivity index (χ2v) is 6.26. The summed E-state index contributed by atoms with van der Waals surface area (Å²) >= 11 is 2.06. The standard InChI is InChI=1S/C12H24N2S/c13-9-12(6-2-8-15-10-12)14-7-1-3-11-4-5-11/h11,14H,1-10,13H2. The third-order valence-corrected chi connectivity index (χ3v) is 5.03. The minimum atomic E-state index is 0.270. The van der Waals surface area contributed by atoms with E-state index in [0.29, 0.717) is 0 Å². The van der Waals surface area contributed by atoms with E-state index >= 15 is 0 Å². The number of nitrogens with two attached hydrogens (primary N) is 1. The summed E-state index contributed by atoms with van der Waals surface area (Å²) in [7, 11) is 0. The molecule has 0 aromatic rings. The molecule has 0 radical (unpaired) electrons. The second kappa shape index (κ2) is 5.55. The fourth-order valence-electron chi connectivity index (χ4n) is 2.38. The number of hydrogen-bond donors (Lipinski definition) is 2. The maximum absolute atomic E-state index is 5.92. The molecular weight excluding hydrogens is 204 g/mol.